The Morgan fingerprint density at radius 3 is 2.75 bits per heavy atom. The first-order valence-electron chi connectivity index (χ1n) is 8.52. The van der Waals surface area contributed by atoms with E-state index in [-0.39, 0.29) is 12.1 Å². The van der Waals surface area contributed by atoms with E-state index >= 15 is 0 Å². The van der Waals surface area contributed by atoms with Crippen molar-refractivity contribution in [2.45, 2.75) is 45.3 Å². The molecule has 5 nitrogen and oxygen atoms in total. The van der Waals surface area contributed by atoms with Gasteiger partial charge in [0.1, 0.15) is 11.7 Å². The highest BCUT2D eigenvalue weighted by Gasteiger charge is 2.23. The number of carbonyl (C=O) groups excluding carboxylic acids is 1. The van der Waals surface area contributed by atoms with Crippen LogP contribution >= 0.6 is 0 Å². The second-order valence-corrected chi connectivity index (χ2v) is 6.34. The lowest BCUT2D eigenvalue weighted by Crippen LogP contribution is -2.22. The van der Waals surface area contributed by atoms with E-state index in [9.17, 15) is 4.79 Å². The van der Waals surface area contributed by atoms with E-state index in [1.54, 1.807) is 6.20 Å². The lowest BCUT2D eigenvalue weighted by molar-refractivity contribution is 0.0341. The molecule has 0 amide bonds. The van der Waals surface area contributed by atoms with Crippen LogP contribution in [-0.4, -0.2) is 35.1 Å². The molecule has 1 aliphatic rings. The molecule has 2 aromatic rings. The highest BCUT2D eigenvalue weighted by atomic mass is 16.5. The van der Waals surface area contributed by atoms with Gasteiger partial charge in [-0.2, -0.15) is 5.10 Å². The monoisotopic (exact) mass is 328 g/mol. The second-order valence-electron chi connectivity index (χ2n) is 6.34. The van der Waals surface area contributed by atoms with Gasteiger partial charge in [-0.25, -0.2) is 4.79 Å². The highest BCUT2D eigenvalue weighted by Crippen LogP contribution is 2.23. The molecule has 24 heavy (non-hydrogen) atoms. The smallest absolute Gasteiger partial charge is 0.341 e. The number of esters is 1. The molecule has 0 bridgehead atoms. The Morgan fingerprint density at radius 2 is 2.04 bits per heavy atom. The number of rotatable bonds is 5. The fourth-order valence-corrected chi connectivity index (χ4v) is 3.16. The van der Waals surface area contributed by atoms with Crippen LogP contribution in [0.25, 0.3) is 0 Å². The molecule has 1 aromatic carbocycles. The quantitative estimate of drug-likeness (QED) is 0.790. The normalized spacial score (nSPS) is 16.8. The van der Waals surface area contributed by atoms with E-state index in [1.165, 1.54) is 0 Å². The van der Waals surface area contributed by atoms with Crippen LogP contribution in [0.1, 0.15) is 47.4 Å². The van der Waals surface area contributed by atoms with Crippen molar-refractivity contribution in [2.24, 2.45) is 0 Å². The van der Waals surface area contributed by atoms with Crippen LogP contribution in [0.5, 0.6) is 0 Å². The molecule has 3 rings (SSSR count). The van der Waals surface area contributed by atoms with Gasteiger partial charge in [0.2, 0.25) is 0 Å². The number of hydrogen-bond donors (Lipinski definition) is 0. The molecule has 1 fully saturated rings. The molecule has 0 N–H and O–H groups in total. The predicted octanol–water partition coefficient (Wildman–Crippen LogP) is 3.33. The first-order valence-corrected chi connectivity index (χ1v) is 8.52. The minimum absolute atomic E-state index is 0.175. The summed E-state index contributed by atoms with van der Waals surface area (Å²) in [7, 11) is 0. The van der Waals surface area contributed by atoms with Crippen LogP contribution < -0.4 is 0 Å². The molecule has 0 saturated carbocycles. The number of aromatic nitrogens is 2. The molecule has 128 valence electrons. The van der Waals surface area contributed by atoms with E-state index < -0.39 is 0 Å². The number of benzene rings is 1. The molecule has 0 radical (unpaired) electrons. The fourth-order valence-electron chi connectivity index (χ4n) is 3.16. The van der Waals surface area contributed by atoms with E-state index in [2.05, 4.69) is 5.10 Å². The average Bonchev–Trinajstić information content (AvgIpc) is 2.98. The molecule has 0 spiro atoms. The largest absolute Gasteiger partial charge is 0.459 e. The van der Waals surface area contributed by atoms with E-state index in [4.69, 9.17) is 9.47 Å². The van der Waals surface area contributed by atoms with Gasteiger partial charge in [-0.15, -0.1) is 0 Å². The summed E-state index contributed by atoms with van der Waals surface area (Å²) in [6, 6.07) is 10.4. The van der Waals surface area contributed by atoms with Gasteiger partial charge in [-0.1, -0.05) is 30.3 Å². The summed E-state index contributed by atoms with van der Waals surface area (Å²) in [6.07, 6.45) is 4.02. The van der Waals surface area contributed by atoms with E-state index in [1.807, 2.05) is 48.9 Å². The summed E-state index contributed by atoms with van der Waals surface area (Å²) in [6.45, 7) is 5.35. The summed E-state index contributed by atoms with van der Waals surface area (Å²) in [5, 5.41) is 4.41. The Labute approximate surface area is 142 Å². The third kappa shape index (κ3) is 3.85. The topological polar surface area (TPSA) is 53.3 Å². The molecule has 1 aromatic heterocycles. The van der Waals surface area contributed by atoms with Crippen molar-refractivity contribution in [3.8, 4) is 0 Å². The molecule has 1 aliphatic heterocycles. The van der Waals surface area contributed by atoms with E-state index in [0.29, 0.717) is 18.0 Å². The van der Waals surface area contributed by atoms with Gasteiger partial charge in [0.05, 0.1) is 17.9 Å². The van der Waals surface area contributed by atoms with Gasteiger partial charge in [0.25, 0.3) is 0 Å². The van der Waals surface area contributed by atoms with Gasteiger partial charge in [-0.3, -0.25) is 4.68 Å². The molecule has 2 heterocycles. The van der Waals surface area contributed by atoms with Crippen LogP contribution in [0, 0.1) is 6.92 Å². The zero-order valence-electron chi connectivity index (χ0n) is 14.3. The SMILES string of the molecule is Cc1c(C(=O)O[C@@H](C)Cc2ccccc2)cnn1C1CCOCC1. The van der Waals surface area contributed by atoms with Crippen LogP contribution in [0.2, 0.25) is 0 Å². The molecular weight excluding hydrogens is 304 g/mol. The zero-order chi connectivity index (χ0) is 16.9. The molecule has 0 unspecified atom stereocenters. The summed E-state index contributed by atoms with van der Waals surface area (Å²) in [5.74, 6) is -0.297. The first kappa shape index (κ1) is 16.7. The average molecular weight is 328 g/mol. The van der Waals surface area contributed by atoms with Crippen molar-refractivity contribution in [1.82, 2.24) is 9.78 Å². The van der Waals surface area contributed by atoms with Crippen molar-refractivity contribution in [3.63, 3.8) is 0 Å². The third-order valence-corrected chi connectivity index (χ3v) is 4.48. The standard InChI is InChI=1S/C19H24N2O3/c1-14(12-16-6-4-3-5-7-16)24-19(22)18-13-20-21(15(18)2)17-8-10-23-11-9-17/h3-7,13-14,17H,8-12H2,1-2H3/t14-/m0/s1. The van der Waals surface area contributed by atoms with Crippen LogP contribution in [0.4, 0.5) is 0 Å². The van der Waals surface area contributed by atoms with Gasteiger partial charge in [-0.05, 0) is 32.3 Å². The molecule has 5 heteroatoms. The van der Waals surface area contributed by atoms with Gasteiger partial charge in [0.15, 0.2) is 0 Å². The van der Waals surface area contributed by atoms with Crippen LogP contribution in [0.3, 0.4) is 0 Å². The lowest BCUT2D eigenvalue weighted by atomic mass is 10.1. The Balaban J connectivity index is 1.63. The molecule has 1 atom stereocenters. The fraction of sp³-hybridized carbons (Fsp3) is 0.474. The van der Waals surface area contributed by atoms with Crippen molar-refractivity contribution >= 4 is 5.97 Å². The Kier molecular flexibility index (Phi) is 5.30. The minimum Gasteiger partial charge on any atom is -0.459 e. The number of nitrogens with zero attached hydrogens (tertiary/aromatic N) is 2. The highest BCUT2D eigenvalue weighted by molar-refractivity contribution is 5.90. The molecule has 0 aliphatic carbocycles. The van der Waals surface area contributed by atoms with Gasteiger partial charge >= 0.3 is 5.97 Å². The predicted molar refractivity (Wildman–Crippen MR) is 91.1 cm³/mol. The minimum atomic E-state index is -0.297. The Morgan fingerprint density at radius 1 is 1.33 bits per heavy atom. The van der Waals surface area contributed by atoms with Gasteiger partial charge in [0, 0.05) is 19.6 Å². The summed E-state index contributed by atoms with van der Waals surface area (Å²) in [5.41, 5.74) is 2.59. The Hall–Kier alpha value is -2.14. The van der Waals surface area contributed by atoms with Gasteiger partial charge < -0.3 is 9.47 Å². The lowest BCUT2D eigenvalue weighted by Gasteiger charge is -2.23. The Bertz CT molecular complexity index is 675. The maximum Gasteiger partial charge on any atom is 0.341 e. The zero-order valence-corrected chi connectivity index (χ0v) is 14.3. The van der Waals surface area contributed by atoms with Crippen molar-refractivity contribution in [1.29, 1.82) is 0 Å². The van der Waals surface area contributed by atoms with Crippen LogP contribution in [0.15, 0.2) is 36.5 Å². The second kappa shape index (κ2) is 7.62. The van der Waals surface area contributed by atoms with E-state index in [0.717, 1.165) is 37.3 Å². The summed E-state index contributed by atoms with van der Waals surface area (Å²) < 4.78 is 12.9. The maximum atomic E-state index is 12.5. The summed E-state index contributed by atoms with van der Waals surface area (Å²) in [4.78, 5) is 12.5. The first-order chi connectivity index (χ1) is 11.6. The summed E-state index contributed by atoms with van der Waals surface area (Å²) >= 11 is 0. The van der Waals surface area contributed by atoms with Crippen LogP contribution in [-0.2, 0) is 15.9 Å². The molecule has 1 saturated heterocycles. The number of ether oxygens (including phenoxy) is 2. The van der Waals surface area contributed by atoms with Crippen molar-refractivity contribution in [2.75, 3.05) is 13.2 Å². The third-order valence-electron chi connectivity index (χ3n) is 4.48. The maximum absolute atomic E-state index is 12.5. The number of hydrogen-bond acceptors (Lipinski definition) is 4. The van der Waals surface area contributed by atoms with Crippen molar-refractivity contribution in [3.05, 3.63) is 53.3 Å². The number of carbonyl (C=O) groups is 1. The van der Waals surface area contributed by atoms with Crippen molar-refractivity contribution < 1.29 is 14.3 Å². The molecular formula is C19H24N2O3.